The van der Waals surface area contributed by atoms with Crippen LogP contribution in [0.25, 0.3) is 11.3 Å². The third-order valence-corrected chi connectivity index (χ3v) is 5.25. The average Bonchev–Trinajstić information content (AvgIpc) is 3.14. The number of hydrogen-bond acceptors (Lipinski definition) is 3. The smallest absolute Gasteiger partial charge is 0.293 e. The number of aromatic nitrogens is 1. The Morgan fingerprint density at radius 2 is 1.84 bits per heavy atom. The lowest BCUT2D eigenvalue weighted by Gasteiger charge is -2.33. The summed E-state index contributed by atoms with van der Waals surface area (Å²) in [6.07, 6.45) is 3.14. The fraction of sp³-hybridized carbons (Fsp3) is 0.429. The second-order valence-corrected chi connectivity index (χ2v) is 7.58. The molecular weight excluding hydrogens is 310 g/mol. The van der Waals surface area contributed by atoms with Crippen LogP contribution in [0.4, 0.5) is 5.82 Å². The number of rotatable bonds is 2. The second kappa shape index (κ2) is 6.16. The number of fused-ring (bicyclic) bond motifs is 1. The molecule has 4 heteroatoms. The van der Waals surface area contributed by atoms with Gasteiger partial charge in [0.2, 0.25) is 0 Å². The van der Waals surface area contributed by atoms with Gasteiger partial charge in [0.25, 0.3) is 5.82 Å². The molecule has 1 saturated heterocycles. The number of nitrogens with one attached hydrogen (secondary N) is 1. The molecule has 2 aliphatic rings. The molecular formula is C21H24N3O+. The summed E-state index contributed by atoms with van der Waals surface area (Å²) >= 11 is 0. The number of anilines is 1. The lowest BCUT2D eigenvalue weighted by Crippen LogP contribution is -2.37. The lowest BCUT2D eigenvalue weighted by atomic mass is 9.87. The minimum Gasteiger partial charge on any atom is -0.370 e. The second-order valence-electron chi connectivity index (χ2n) is 7.58. The van der Waals surface area contributed by atoms with E-state index in [0.717, 1.165) is 53.3 Å². The van der Waals surface area contributed by atoms with E-state index in [0.29, 0.717) is 6.61 Å². The van der Waals surface area contributed by atoms with Crippen molar-refractivity contribution in [3.8, 4) is 17.3 Å². The summed E-state index contributed by atoms with van der Waals surface area (Å²) in [5.74, 6) is 0.982. The first-order valence-electron chi connectivity index (χ1n) is 9.04. The summed E-state index contributed by atoms with van der Waals surface area (Å²) in [7, 11) is 0. The minimum absolute atomic E-state index is 0.240. The largest absolute Gasteiger partial charge is 0.370 e. The Bertz CT molecular complexity index is 830. The topological polar surface area (TPSA) is 50.4 Å². The lowest BCUT2D eigenvalue weighted by molar-refractivity contribution is -0.352. The molecule has 128 valence electrons. The first-order chi connectivity index (χ1) is 12.1. The zero-order chi connectivity index (χ0) is 17.4. The SMILES string of the molecule is CC1(C)Cc2c(C#N)c(N3CCCC3)[nH+]c(-c3ccccc3)c2CO1. The van der Waals surface area contributed by atoms with Crippen molar-refractivity contribution in [1.29, 1.82) is 5.26 Å². The molecule has 0 unspecified atom stereocenters. The van der Waals surface area contributed by atoms with Gasteiger partial charge in [-0.25, -0.2) is 4.98 Å². The van der Waals surface area contributed by atoms with Gasteiger partial charge >= 0.3 is 0 Å². The Kier molecular flexibility index (Phi) is 3.97. The summed E-state index contributed by atoms with van der Waals surface area (Å²) in [4.78, 5) is 5.93. The van der Waals surface area contributed by atoms with Gasteiger partial charge in [-0.15, -0.1) is 0 Å². The van der Waals surface area contributed by atoms with Gasteiger partial charge in [-0.2, -0.15) is 5.26 Å². The van der Waals surface area contributed by atoms with Gasteiger partial charge in [0, 0.05) is 17.5 Å². The maximum Gasteiger partial charge on any atom is 0.293 e. The van der Waals surface area contributed by atoms with Crippen molar-refractivity contribution >= 4 is 5.82 Å². The molecule has 1 aromatic heterocycles. The monoisotopic (exact) mass is 334 g/mol. The Balaban J connectivity index is 1.96. The summed E-state index contributed by atoms with van der Waals surface area (Å²) < 4.78 is 6.08. The average molecular weight is 334 g/mol. The Labute approximate surface area is 149 Å². The van der Waals surface area contributed by atoms with Gasteiger partial charge in [-0.1, -0.05) is 30.3 Å². The molecule has 4 rings (SSSR count). The van der Waals surface area contributed by atoms with E-state index in [9.17, 15) is 5.26 Å². The number of nitrogens with zero attached hydrogens (tertiary/aromatic N) is 2. The van der Waals surface area contributed by atoms with Crippen LogP contribution in [0, 0.1) is 11.3 Å². The highest BCUT2D eigenvalue weighted by Gasteiger charge is 2.36. The summed E-state index contributed by atoms with van der Waals surface area (Å²) in [6, 6.07) is 12.9. The van der Waals surface area contributed by atoms with E-state index in [2.05, 4.69) is 54.1 Å². The van der Waals surface area contributed by atoms with E-state index in [1.165, 1.54) is 12.8 Å². The van der Waals surface area contributed by atoms with Crippen LogP contribution in [0.5, 0.6) is 0 Å². The fourth-order valence-corrected chi connectivity index (χ4v) is 3.95. The Morgan fingerprint density at radius 3 is 2.52 bits per heavy atom. The van der Waals surface area contributed by atoms with E-state index < -0.39 is 0 Å². The van der Waals surface area contributed by atoms with Crippen LogP contribution in [-0.4, -0.2) is 18.7 Å². The highest BCUT2D eigenvalue weighted by molar-refractivity contribution is 5.68. The molecule has 25 heavy (non-hydrogen) atoms. The molecule has 0 spiro atoms. The van der Waals surface area contributed by atoms with Crippen LogP contribution in [-0.2, 0) is 17.8 Å². The van der Waals surface area contributed by atoms with E-state index in [4.69, 9.17) is 4.74 Å². The van der Waals surface area contributed by atoms with Crippen LogP contribution in [0.3, 0.4) is 0 Å². The molecule has 0 radical (unpaired) electrons. The maximum absolute atomic E-state index is 9.93. The predicted molar refractivity (Wildman–Crippen MR) is 97.2 cm³/mol. The number of nitriles is 1. The van der Waals surface area contributed by atoms with Gasteiger partial charge in [0.05, 0.1) is 25.3 Å². The molecule has 0 aliphatic carbocycles. The van der Waals surface area contributed by atoms with Crippen molar-refractivity contribution in [2.24, 2.45) is 0 Å². The Hall–Kier alpha value is -2.38. The number of pyridine rings is 1. The van der Waals surface area contributed by atoms with Crippen molar-refractivity contribution in [1.82, 2.24) is 0 Å². The standard InChI is InChI=1S/C21H23N3O/c1-21(2)12-16-17(13-22)20(24-10-6-7-11-24)23-19(18(16)14-25-21)15-8-4-3-5-9-15/h3-5,8-9H,6-7,10-12,14H2,1-2H3/p+1. The van der Waals surface area contributed by atoms with E-state index in [1.807, 2.05) is 6.07 Å². The molecule has 3 heterocycles. The molecule has 4 nitrogen and oxygen atoms in total. The summed E-state index contributed by atoms with van der Waals surface area (Å²) in [5, 5.41) is 9.93. The van der Waals surface area contributed by atoms with Crippen LogP contribution in [0.15, 0.2) is 30.3 Å². The van der Waals surface area contributed by atoms with Gasteiger partial charge in [-0.05, 0) is 32.3 Å². The summed E-state index contributed by atoms with van der Waals surface area (Å²) in [5.41, 5.74) is 5.08. The molecule has 1 aromatic carbocycles. The quantitative estimate of drug-likeness (QED) is 0.845. The van der Waals surface area contributed by atoms with Gasteiger partial charge in [-0.3, -0.25) is 4.90 Å². The third-order valence-electron chi connectivity index (χ3n) is 5.25. The predicted octanol–water partition coefficient (Wildman–Crippen LogP) is 3.49. The highest BCUT2D eigenvalue weighted by atomic mass is 16.5. The van der Waals surface area contributed by atoms with Gasteiger partial charge in [0.1, 0.15) is 17.3 Å². The van der Waals surface area contributed by atoms with Crippen LogP contribution < -0.4 is 9.88 Å². The van der Waals surface area contributed by atoms with Crippen molar-refractivity contribution in [3.05, 3.63) is 47.0 Å². The Morgan fingerprint density at radius 1 is 1.12 bits per heavy atom. The number of H-pyrrole nitrogens is 1. The maximum atomic E-state index is 9.93. The molecule has 2 aliphatic heterocycles. The molecule has 0 amide bonds. The third kappa shape index (κ3) is 2.89. The minimum atomic E-state index is -0.240. The summed E-state index contributed by atoms with van der Waals surface area (Å²) in [6.45, 7) is 6.77. The fourth-order valence-electron chi connectivity index (χ4n) is 3.95. The zero-order valence-electron chi connectivity index (χ0n) is 14.9. The van der Waals surface area contributed by atoms with Crippen LogP contribution in [0.1, 0.15) is 43.4 Å². The molecule has 0 atom stereocenters. The number of ether oxygens (including phenoxy) is 1. The zero-order valence-corrected chi connectivity index (χ0v) is 14.9. The number of benzene rings is 1. The number of aromatic amines is 1. The van der Waals surface area contributed by atoms with Crippen molar-refractivity contribution in [2.75, 3.05) is 18.0 Å². The van der Waals surface area contributed by atoms with E-state index >= 15 is 0 Å². The highest BCUT2D eigenvalue weighted by Crippen LogP contribution is 2.37. The molecule has 1 fully saturated rings. The van der Waals surface area contributed by atoms with Crippen LogP contribution in [0.2, 0.25) is 0 Å². The van der Waals surface area contributed by atoms with E-state index in [1.54, 1.807) is 0 Å². The first kappa shape index (κ1) is 16.1. The van der Waals surface area contributed by atoms with Crippen molar-refractivity contribution in [2.45, 2.75) is 45.3 Å². The number of hydrogen-bond donors (Lipinski definition) is 0. The molecule has 0 saturated carbocycles. The first-order valence-corrected chi connectivity index (χ1v) is 9.04. The van der Waals surface area contributed by atoms with Crippen molar-refractivity contribution in [3.63, 3.8) is 0 Å². The van der Waals surface area contributed by atoms with Crippen molar-refractivity contribution < 1.29 is 9.72 Å². The van der Waals surface area contributed by atoms with Gasteiger partial charge in [0.15, 0.2) is 0 Å². The van der Waals surface area contributed by atoms with Gasteiger partial charge < -0.3 is 4.74 Å². The molecule has 0 bridgehead atoms. The normalized spacial score (nSPS) is 18.7. The molecule has 2 aromatic rings. The molecule has 1 N–H and O–H groups in total. The van der Waals surface area contributed by atoms with Crippen LogP contribution >= 0.6 is 0 Å². The van der Waals surface area contributed by atoms with E-state index in [-0.39, 0.29) is 5.60 Å².